The highest BCUT2D eigenvalue weighted by molar-refractivity contribution is 6.61. The Morgan fingerprint density at radius 3 is 2.16 bits per heavy atom. The van der Waals surface area contributed by atoms with Crippen molar-refractivity contribution < 1.29 is 33.6 Å². The zero-order chi connectivity index (χ0) is 27.4. The van der Waals surface area contributed by atoms with Crippen LogP contribution in [0.15, 0.2) is 54.1 Å². The van der Waals surface area contributed by atoms with Gasteiger partial charge >= 0.3 is 29.6 Å². The standard InChI is InChI=1S/C8H10N2O2.C4H2N2O3.C4H4N2O2.C3HN3O2/c11-7-5-3-1-2-4-6(5)9-8(12)10-7;7-2-1-5-4(9)6-3(2)8;7-3-1-2-5-4(8)6-3;7-2-1-4-6-5-3(2)8/h4-5H,1-3H2,(H2,9,10,11,12);1H,(H,6,8,9);1-2H,(H2,5,6,7,8);1H. The molecule has 1 fully saturated rings. The minimum atomic E-state index is -0.921. The van der Waals surface area contributed by atoms with E-state index in [0.717, 1.165) is 31.2 Å². The summed E-state index contributed by atoms with van der Waals surface area (Å²) in [7, 11) is 0. The average Bonchev–Trinajstić information content (AvgIpc) is 2.85. The molecule has 5 N–H and O–H groups in total. The second-order valence-electron chi connectivity index (χ2n) is 6.87. The predicted molar refractivity (Wildman–Crippen MR) is 120 cm³/mol. The van der Waals surface area contributed by atoms with Gasteiger partial charge < -0.3 is 10.3 Å². The average molecular weight is 515 g/mol. The second kappa shape index (κ2) is 13.4. The van der Waals surface area contributed by atoms with E-state index in [1.165, 1.54) is 12.3 Å². The number of ketones is 2. The number of H-pyrrole nitrogens is 2. The van der Waals surface area contributed by atoms with E-state index >= 15 is 0 Å². The molecule has 4 aliphatic rings. The lowest BCUT2D eigenvalue weighted by atomic mass is 9.90. The molecule has 37 heavy (non-hydrogen) atoms. The largest absolute Gasteiger partial charge is 0.348 e. The summed E-state index contributed by atoms with van der Waals surface area (Å²) in [4.78, 5) is 101. The molecule has 0 bridgehead atoms. The molecule has 0 aromatic carbocycles. The SMILES string of the molecule is O=C1C=NN=NC1=O.O=C1N=CC(=O)C(=O)N1.O=C1NC(=O)C2CCCC=C2N1.O=c1cc[nH]c(=O)[nH]1. The van der Waals surface area contributed by atoms with Gasteiger partial charge in [-0.2, -0.15) is 4.99 Å². The summed E-state index contributed by atoms with van der Waals surface area (Å²) in [5.41, 5.74) is -0.0683. The molecule has 18 nitrogen and oxygen atoms in total. The van der Waals surface area contributed by atoms with Crippen LogP contribution in [-0.2, 0) is 24.0 Å². The number of rotatable bonds is 0. The Balaban J connectivity index is 0.000000176. The van der Waals surface area contributed by atoms with Crippen LogP contribution in [0.1, 0.15) is 19.3 Å². The first-order chi connectivity index (χ1) is 17.6. The van der Waals surface area contributed by atoms with Crippen molar-refractivity contribution in [3.8, 4) is 0 Å². The third kappa shape index (κ3) is 9.31. The highest BCUT2D eigenvalue weighted by Crippen LogP contribution is 2.24. The van der Waals surface area contributed by atoms with E-state index in [4.69, 9.17) is 0 Å². The lowest BCUT2D eigenvalue weighted by Crippen LogP contribution is -2.51. The van der Waals surface area contributed by atoms with Crippen LogP contribution in [-0.4, -0.2) is 63.7 Å². The van der Waals surface area contributed by atoms with Crippen molar-refractivity contribution in [2.75, 3.05) is 0 Å². The first-order valence-electron chi connectivity index (χ1n) is 10.1. The Morgan fingerprint density at radius 2 is 1.62 bits per heavy atom. The lowest BCUT2D eigenvalue weighted by Gasteiger charge is -2.27. The van der Waals surface area contributed by atoms with Crippen LogP contribution in [0.3, 0.4) is 0 Å². The molecule has 1 aromatic rings. The molecule has 1 aliphatic carbocycles. The molecule has 1 aromatic heterocycles. The molecule has 1 atom stereocenters. The van der Waals surface area contributed by atoms with Gasteiger partial charge in [-0.1, -0.05) is 11.2 Å². The number of allylic oxidation sites excluding steroid dienone is 1. The Bertz CT molecular complexity index is 1320. The maximum Gasteiger partial charge on any atom is 0.348 e. The minimum Gasteiger partial charge on any atom is -0.314 e. The number of hydrogen-bond donors (Lipinski definition) is 5. The summed E-state index contributed by atoms with van der Waals surface area (Å²) in [5, 5.41) is 15.4. The number of hydrogen-bond acceptors (Lipinski definition) is 11. The second-order valence-corrected chi connectivity index (χ2v) is 6.87. The Hall–Kier alpha value is -5.55. The predicted octanol–water partition coefficient (Wildman–Crippen LogP) is -2.02. The van der Waals surface area contributed by atoms with E-state index < -0.39 is 41.1 Å². The fourth-order valence-corrected chi connectivity index (χ4v) is 2.65. The van der Waals surface area contributed by atoms with E-state index in [-0.39, 0.29) is 17.4 Å². The van der Waals surface area contributed by atoms with Crippen molar-refractivity contribution in [1.29, 1.82) is 0 Å². The van der Waals surface area contributed by atoms with Gasteiger partial charge in [0.2, 0.25) is 5.91 Å². The van der Waals surface area contributed by atoms with Gasteiger partial charge in [-0.25, -0.2) is 14.4 Å². The number of Topliss-reactive ketones (excluding diaryl/α,β-unsaturated/α-hetero) is 2. The number of aromatic nitrogens is 2. The summed E-state index contributed by atoms with van der Waals surface area (Å²) in [5.74, 6) is -3.58. The maximum absolute atomic E-state index is 11.2. The Labute approximate surface area is 204 Å². The molecule has 18 heteroatoms. The molecule has 3 aliphatic heterocycles. The number of nitrogens with one attached hydrogen (secondary N) is 5. The number of imide groups is 2. The summed E-state index contributed by atoms with van der Waals surface area (Å²) >= 11 is 0. The smallest absolute Gasteiger partial charge is 0.314 e. The number of nitrogens with zero attached hydrogens (tertiary/aromatic N) is 4. The van der Waals surface area contributed by atoms with E-state index in [1.807, 2.05) is 11.1 Å². The van der Waals surface area contributed by atoms with Crippen molar-refractivity contribution >= 4 is 53.8 Å². The fourth-order valence-electron chi connectivity index (χ4n) is 2.65. The van der Waals surface area contributed by atoms with Gasteiger partial charge in [0.05, 0.1) is 12.1 Å². The molecule has 0 radical (unpaired) electrons. The fraction of sp³-hybridized carbons (Fsp3) is 0.211. The van der Waals surface area contributed by atoms with Gasteiger partial charge in [-0.15, -0.1) is 5.10 Å². The number of fused-ring (bicyclic) bond motifs is 1. The summed E-state index contributed by atoms with van der Waals surface area (Å²) in [6.45, 7) is 0. The molecule has 0 spiro atoms. The van der Waals surface area contributed by atoms with Crippen LogP contribution in [0, 0.1) is 5.92 Å². The van der Waals surface area contributed by atoms with Gasteiger partial charge in [-0.05, 0) is 24.5 Å². The number of urea groups is 2. The Morgan fingerprint density at radius 1 is 0.865 bits per heavy atom. The number of aromatic amines is 2. The highest BCUT2D eigenvalue weighted by Gasteiger charge is 2.31. The van der Waals surface area contributed by atoms with Gasteiger partial charge in [0, 0.05) is 18.0 Å². The minimum absolute atomic E-state index is 0.114. The van der Waals surface area contributed by atoms with Crippen LogP contribution in [0.2, 0.25) is 0 Å². The molecular weight excluding hydrogens is 498 g/mol. The summed E-state index contributed by atoms with van der Waals surface area (Å²) in [6, 6.07) is 0.0468. The quantitative estimate of drug-likeness (QED) is 0.238. The normalized spacial score (nSPS) is 19.3. The Kier molecular flexibility index (Phi) is 10.0. The number of carbonyl (C=O) groups is 7. The monoisotopic (exact) mass is 515 g/mol. The summed E-state index contributed by atoms with van der Waals surface area (Å²) in [6.07, 6.45) is 7.58. The lowest BCUT2D eigenvalue weighted by molar-refractivity contribution is -0.133. The number of amides is 7. The van der Waals surface area contributed by atoms with Crippen molar-refractivity contribution in [2.45, 2.75) is 19.3 Å². The van der Waals surface area contributed by atoms with Crippen LogP contribution in [0.5, 0.6) is 0 Å². The number of carbonyl (C=O) groups excluding carboxylic acids is 7. The molecule has 0 saturated carbocycles. The van der Waals surface area contributed by atoms with Crippen molar-refractivity contribution in [3.05, 3.63) is 44.9 Å². The molecule has 192 valence electrons. The van der Waals surface area contributed by atoms with Gasteiger partial charge in [0.15, 0.2) is 0 Å². The summed E-state index contributed by atoms with van der Waals surface area (Å²) < 4.78 is 0. The van der Waals surface area contributed by atoms with E-state index in [0.29, 0.717) is 6.21 Å². The van der Waals surface area contributed by atoms with Crippen LogP contribution < -0.4 is 27.2 Å². The molecule has 7 amide bonds. The van der Waals surface area contributed by atoms with E-state index in [1.54, 1.807) is 5.32 Å². The van der Waals surface area contributed by atoms with Crippen LogP contribution >= 0.6 is 0 Å². The molecule has 1 saturated heterocycles. The number of aliphatic imine (C=N–C) groups is 1. The molecule has 1 unspecified atom stereocenters. The third-order valence-corrected chi connectivity index (χ3v) is 4.25. The van der Waals surface area contributed by atoms with Gasteiger partial charge in [0.1, 0.15) is 6.21 Å². The zero-order valence-electron chi connectivity index (χ0n) is 18.5. The third-order valence-electron chi connectivity index (χ3n) is 4.25. The van der Waals surface area contributed by atoms with Crippen molar-refractivity contribution in [1.82, 2.24) is 25.9 Å². The van der Waals surface area contributed by atoms with E-state index in [2.05, 4.69) is 36.0 Å². The topological polar surface area (TPSA) is 271 Å². The zero-order valence-corrected chi connectivity index (χ0v) is 18.5. The molecule has 5 rings (SSSR count). The molecular formula is C19H17N9O9. The first kappa shape index (κ1) is 27.7. The van der Waals surface area contributed by atoms with Crippen molar-refractivity contribution in [3.63, 3.8) is 0 Å². The van der Waals surface area contributed by atoms with E-state index in [9.17, 15) is 43.2 Å². The van der Waals surface area contributed by atoms with Gasteiger partial charge in [-0.3, -0.25) is 44.4 Å². The highest BCUT2D eigenvalue weighted by atomic mass is 16.2. The van der Waals surface area contributed by atoms with Gasteiger partial charge in [0.25, 0.3) is 17.1 Å². The van der Waals surface area contributed by atoms with Crippen LogP contribution in [0.25, 0.3) is 0 Å². The van der Waals surface area contributed by atoms with Crippen LogP contribution in [0.4, 0.5) is 9.59 Å². The first-order valence-corrected chi connectivity index (χ1v) is 10.1. The molecule has 4 heterocycles. The van der Waals surface area contributed by atoms with Crippen molar-refractivity contribution in [2.24, 2.45) is 26.3 Å². The maximum atomic E-state index is 11.2.